The Bertz CT molecular complexity index is 213. The van der Waals surface area contributed by atoms with Crippen molar-refractivity contribution >= 4 is 17.7 Å². The summed E-state index contributed by atoms with van der Waals surface area (Å²) in [4.78, 5) is 14.1. The van der Waals surface area contributed by atoms with E-state index >= 15 is 0 Å². The van der Waals surface area contributed by atoms with Crippen LogP contribution in [0.25, 0.3) is 0 Å². The fourth-order valence-electron chi connectivity index (χ4n) is 1.60. The van der Waals surface area contributed by atoms with E-state index in [2.05, 4.69) is 26.1 Å². The third-order valence-corrected chi connectivity index (χ3v) is 3.51. The average Bonchev–Trinajstić information content (AvgIpc) is 2.25. The quantitative estimate of drug-likeness (QED) is 0.708. The Kier molecular flexibility index (Phi) is 3.84. The van der Waals surface area contributed by atoms with Crippen LogP contribution in [-0.4, -0.2) is 47.5 Å². The summed E-state index contributed by atoms with van der Waals surface area (Å²) in [6.45, 7) is 7.14. The van der Waals surface area contributed by atoms with Crippen molar-refractivity contribution in [1.82, 2.24) is 10.2 Å². The highest BCUT2D eigenvalue weighted by Gasteiger charge is 2.32. The van der Waals surface area contributed by atoms with Gasteiger partial charge >= 0.3 is 0 Å². The number of carbonyl (C=O) groups is 1. The fourth-order valence-corrected chi connectivity index (χ4v) is 2.62. The third-order valence-electron chi connectivity index (χ3n) is 2.47. The van der Waals surface area contributed by atoms with Crippen molar-refractivity contribution in [3.63, 3.8) is 0 Å². The Morgan fingerprint density at radius 3 is 2.64 bits per heavy atom. The molecule has 82 valence electrons. The molecule has 0 spiro atoms. The molecule has 0 saturated carbocycles. The van der Waals surface area contributed by atoms with Gasteiger partial charge in [-0.05, 0) is 27.8 Å². The maximum absolute atomic E-state index is 12.1. The number of hydrogen-bond acceptors (Lipinski definition) is 3. The van der Waals surface area contributed by atoms with Crippen molar-refractivity contribution in [1.29, 1.82) is 0 Å². The summed E-state index contributed by atoms with van der Waals surface area (Å²) in [5.74, 6) is 2.17. The molecule has 1 amide bonds. The summed E-state index contributed by atoms with van der Waals surface area (Å²) < 4.78 is 0. The van der Waals surface area contributed by atoms with Gasteiger partial charge in [0.15, 0.2) is 0 Å². The van der Waals surface area contributed by atoms with E-state index in [1.165, 1.54) is 0 Å². The van der Waals surface area contributed by atoms with E-state index in [0.29, 0.717) is 0 Å². The van der Waals surface area contributed by atoms with Crippen molar-refractivity contribution in [3.05, 3.63) is 0 Å². The smallest absolute Gasteiger partial charge is 0.241 e. The molecule has 1 atom stereocenters. The lowest BCUT2D eigenvalue weighted by molar-refractivity contribution is -0.136. The predicted molar refractivity (Wildman–Crippen MR) is 61.6 cm³/mol. The summed E-state index contributed by atoms with van der Waals surface area (Å²) in [5.41, 5.74) is -0.0584. The number of thioether (sulfide) groups is 1. The summed E-state index contributed by atoms with van der Waals surface area (Å²) in [5, 5.41) is 3.08. The van der Waals surface area contributed by atoms with Gasteiger partial charge in [0.1, 0.15) is 0 Å². The minimum atomic E-state index is -0.0584. The summed E-state index contributed by atoms with van der Waals surface area (Å²) >= 11 is 1.85. The number of nitrogens with zero attached hydrogens (tertiary/aromatic N) is 1. The van der Waals surface area contributed by atoms with Crippen LogP contribution >= 0.6 is 11.8 Å². The molecule has 0 aliphatic carbocycles. The Hall–Kier alpha value is -0.220. The maximum atomic E-state index is 12.1. The average molecular weight is 216 g/mol. The molecule has 3 nitrogen and oxygen atoms in total. The van der Waals surface area contributed by atoms with Gasteiger partial charge < -0.3 is 10.2 Å². The molecule has 4 heteroatoms. The van der Waals surface area contributed by atoms with E-state index < -0.39 is 0 Å². The molecule has 14 heavy (non-hydrogen) atoms. The van der Waals surface area contributed by atoms with Crippen LogP contribution < -0.4 is 5.32 Å². The van der Waals surface area contributed by atoms with Crippen molar-refractivity contribution in [3.8, 4) is 0 Å². The zero-order chi connectivity index (χ0) is 10.8. The van der Waals surface area contributed by atoms with Crippen LogP contribution in [0.4, 0.5) is 0 Å². The zero-order valence-electron chi connectivity index (χ0n) is 9.46. The highest BCUT2D eigenvalue weighted by Crippen LogP contribution is 2.20. The molecule has 0 aromatic carbocycles. The van der Waals surface area contributed by atoms with Crippen molar-refractivity contribution in [2.75, 3.05) is 25.1 Å². The van der Waals surface area contributed by atoms with Crippen molar-refractivity contribution in [2.45, 2.75) is 32.4 Å². The molecule has 1 fully saturated rings. The van der Waals surface area contributed by atoms with Crippen LogP contribution in [0, 0.1) is 0 Å². The van der Waals surface area contributed by atoms with Crippen molar-refractivity contribution < 1.29 is 4.79 Å². The van der Waals surface area contributed by atoms with Gasteiger partial charge in [0.2, 0.25) is 5.91 Å². The standard InChI is InChI=1S/C10H20N2OS/c1-10(2,3)12-5-6-14-7-8(11-4)9(12)13/h8,11H,5-7H2,1-4H3. The number of hydrogen-bond donors (Lipinski definition) is 1. The first-order chi connectivity index (χ1) is 6.46. The number of nitrogens with one attached hydrogen (secondary N) is 1. The Morgan fingerprint density at radius 2 is 2.14 bits per heavy atom. The molecule has 1 N–H and O–H groups in total. The van der Waals surface area contributed by atoms with Gasteiger partial charge in [-0.1, -0.05) is 0 Å². The highest BCUT2D eigenvalue weighted by atomic mass is 32.2. The molecule has 1 heterocycles. The van der Waals surface area contributed by atoms with E-state index in [9.17, 15) is 4.79 Å². The molecule has 0 aromatic rings. The molecule has 0 radical (unpaired) electrons. The van der Waals surface area contributed by atoms with Gasteiger partial charge in [-0.15, -0.1) is 0 Å². The van der Waals surface area contributed by atoms with Gasteiger partial charge in [-0.3, -0.25) is 4.79 Å². The Labute approximate surface area is 90.6 Å². The maximum Gasteiger partial charge on any atom is 0.241 e. The fraction of sp³-hybridized carbons (Fsp3) is 0.900. The normalized spacial score (nSPS) is 25.0. The Balaban J connectivity index is 2.78. The second-order valence-corrected chi connectivity index (χ2v) is 5.73. The topological polar surface area (TPSA) is 32.3 Å². The predicted octanol–water partition coefficient (Wildman–Crippen LogP) is 0.948. The van der Waals surface area contributed by atoms with E-state index in [1.807, 2.05) is 23.7 Å². The molecule has 1 unspecified atom stereocenters. The second kappa shape index (κ2) is 4.53. The number of amides is 1. The first kappa shape index (κ1) is 11.9. The number of rotatable bonds is 1. The first-order valence-electron chi connectivity index (χ1n) is 5.03. The number of likely N-dealkylation sites (N-methyl/N-ethyl adjacent to an activating group) is 1. The zero-order valence-corrected chi connectivity index (χ0v) is 10.3. The van der Waals surface area contributed by atoms with Gasteiger partial charge in [-0.2, -0.15) is 11.8 Å². The summed E-state index contributed by atoms with van der Waals surface area (Å²) in [6.07, 6.45) is 0. The molecule has 1 rings (SSSR count). The SMILES string of the molecule is CNC1CSCCN(C(C)(C)C)C1=O. The first-order valence-corrected chi connectivity index (χ1v) is 6.19. The molecule has 1 aliphatic heterocycles. The molecular weight excluding hydrogens is 196 g/mol. The van der Waals surface area contributed by atoms with Crippen LogP contribution in [0.15, 0.2) is 0 Å². The minimum absolute atomic E-state index is 0.0123. The molecule has 0 aromatic heterocycles. The lowest BCUT2D eigenvalue weighted by Crippen LogP contribution is -2.53. The van der Waals surface area contributed by atoms with Crippen LogP contribution in [0.5, 0.6) is 0 Å². The molecule has 1 saturated heterocycles. The van der Waals surface area contributed by atoms with Gasteiger partial charge in [0.05, 0.1) is 6.04 Å². The highest BCUT2D eigenvalue weighted by molar-refractivity contribution is 7.99. The molecular formula is C10H20N2OS. The van der Waals surface area contributed by atoms with Gasteiger partial charge in [0.25, 0.3) is 0 Å². The lowest BCUT2D eigenvalue weighted by Gasteiger charge is -2.36. The monoisotopic (exact) mass is 216 g/mol. The van der Waals surface area contributed by atoms with Crippen LogP contribution in [-0.2, 0) is 4.79 Å². The molecule has 0 bridgehead atoms. The van der Waals surface area contributed by atoms with E-state index in [1.54, 1.807) is 0 Å². The second-order valence-electron chi connectivity index (χ2n) is 4.58. The van der Waals surface area contributed by atoms with Gasteiger partial charge in [0, 0.05) is 23.6 Å². The lowest BCUT2D eigenvalue weighted by atomic mass is 10.0. The van der Waals surface area contributed by atoms with Crippen molar-refractivity contribution in [2.24, 2.45) is 0 Å². The van der Waals surface area contributed by atoms with E-state index in [0.717, 1.165) is 18.1 Å². The summed E-state index contributed by atoms with van der Waals surface area (Å²) in [7, 11) is 1.86. The third kappa shape index (κ3) is 2.64. The largest absolute Gasteiger partial charge is 0.336 e. The van der Waals surface area contributed by atoms with E-state index in [4.69, 9.17) is 0 Å². The minimum Gasteiger partial charge on any atom is -0.336 e. The molecule has 1 aliphatic rings. The van der Waals surface area contributed by atoms with Gasteiger partial charge in [-0.25, -0.2) is 0 Å². The summed E-state index contributed by atoms with van der Waals surface area (Å²) in [6, 6.07) is -0.0123. The van der Waals surface area contributed by atoms with Crippen LogP contribution in [0.3, 0.4) is 0 Å². The van der Waals surface area contributed by atoms with E-state index in [-0.39, 0.29) is 17.5 Å². The Morgan fingerprint density at radius 1 is 1.50 bits per heavy atom. The number of carbonyl (C=O) groups excluding carboxylic acids is 1. The van der Waals surface area contributed by atoms with Crippen LogP contribution in [0.1, 0.15) is 20.8 Å². The van der Waals surface area contributed by atoms with Crippen LogP contribution in [0.2, 0.25) is 0 Å².